The fourth-order valence-electron chi connectivity index (χ4n) is 0.511. The van der Waals surface area contributed by atoms with E-state index in [4.69, 9.17) is 4.43 Å². The second-order valence-corrected chi connectivity index (χ2v) is 12.1. The van der Waals surface area contributed by atoms with Crippen LogP contribution < -0.4 is 0 Å². The lowest BCUT2D eigenvalue weighted by molar-refractivity contribution is 0.314. The van der Waals surface area contributed by atoms with E-state index in [-0.39, 0.29) is 0 Å². The SMILES string of the molecule is C[Si](C)(Br)OCCCCBr. The van der Waals surface area contributed by atoms with Crippen LogP contribution in [-0.2, 0) is 4.43 Å². The molecule has 0 saturated carbocycles. The molecule has 0 aromatic rings. The highest BCUT2D eigenvalue weighted by Crippen LogP contribution is 2.12. The summed E-state index contributed by atoms with van der Waals surface area (Å²) in [6, 6.07) is 0. The van der Waals surface area contributed by atoms with E-state index in [1.165, 1.54) is 6.42 Å². The van der Waals surface area contributed by atoms with Crippen molar-refractivity contribution < 1.29 is 4.43 Å². The fourth-order valence-corrected chi connectivity index (χ4v) is 2.02. The fraction of sp³-hybridized carbons (Fsp3) is 1.00. The van der Waals surface area contributed by atoms with Crippen LogP contribution in [0.2, 0.25) is 13.1 Å². The van der Waals surface area contributed by atoms with Crippen molar-refractivity contribution >= 4 is 38.2 Å². The molecule has 0 aliphatic rings. The van der Waals surface area contributed by atoms with Crippen LogP contribution in [-0.4, -0.2) is 18.9 Å². The Morgan fingerprint density at radius 1 is 1.30 bits per heavy atom. The van der Waals surface area contributed by atoms with Gasteiger partial charge in [0.05, 0.1) is 0 Å². The van der Waals surface area contributed by atoms with Crippen LogP contribution in [0.25, 0.3) is 0 Å². The van der Waals surface area contributed by atoms with E-state index >= 15 is 0 Å². The summed E-state index contributed by atoms with van der Waals surface area (Å²) in [7, 11) is 0. The standard InChI is InChI=1S/C6H14Br2OSi/c1-10(2,8)9-6-4-3-5-7/h3-6H2,1-2H3. The molecule has 0 aliphatic carbocycles. The van der Waals surface area contributed by atoms with Gasteiger partial charge in [-0.1, -0.05) is 31.2 Å². The first-order chi connectivity index (χ1) is 4.56. The highest BCUT2D eigenvalue weighted by atomic mass is 79.9. The van der Waals surface area contributed by atoms with Gasteiger partial charge in [-0.25, -0.2) is 0 Å². The third-order valence-electron chi connectivity index (χ3n) is 0.973. The van der Waals surface area contributed by atoms with Crippen molar-refractivity contribution in [2.45, 2.75) is 25.9 Å². The summed E-state index contributed by atoms with van der Waals surface area (Å²) in [5.41, 5.74) is 0. The molecular weight excluding hydrogens is 276 g/mol. The zero-order valence-electron chi connectivity index (χ0n) is 6.49. The molecule has 0 aromatic heterocycles. The molecular formula is C6H14Br2OSi. The summed E-state index contributed by atoms with van der Waals surface area (Å²) in [4.78, 5) is 0. The van der Waals surface area contributed by atoms with Gasteiger partial charge in [0.2, 0.25) is 0 Å². The van der Waals surface area contributed by atoms with Crippen molar-refractivity contribution in [1.29, 1.82) is 0 Å². The van der Waals surface area contributed by atoms with Crippen LogP contribution in [0, 0.1) is 0 Å². The lowest BCUT2D eigenvalue weighted by Crippen LogP contribution is -2.21. The molecule has 0 radical (unpaired) electrons. The molecule has 62 valence electrons. The molecule has 0 spiro atoms. The van der Waals surface area contributed by atoms with E-state index in [0.717, 1.165) is 18.4 Å². The molecule has 0 bridgehead atoms. The molecule has 0 saturated heterocycles. The maximum absolute atomic E-state index is 5.57. The van der Waals surface area contributed by atoms with Gasteiger partial charge in [0.25, 0.3) is 6.94 Å². The smallest absolute Gasteiger partial charge is 0.257 e. The molecule has 0 atom stereocenters. The molecule has 0 aliphatic heterocycles. The predicted molar refractivity (Wildman–Crippen MR) is 55.4 cm³/mol. The largest absolute Gasteiger partial charge is 0.407 e. The minimum atomic E-state index is -1.41. The van der Waals surface area contributed by atoms with Gasteiger partial charge >= 0.3 is 0 Å². The third kappa shape index (κ3) is 9.14. The van der Waals surface area contributed by atoms with Crippen molar-refractivity contribution in [2.24, 2.45) is 0 Å². The van der Waals surface area contributed by atoms with E-state index in [1.807, 2.05) is 0 Å². The molecule has 0 N–H and O–H groups in total. The average molecular weight is 290 g/mol. The van der Waals surface area contributed by atoms with Gasteiger partial charge in [-0.2, -0.15) is 0 Å². The van der Waals surface area contributed by atoms with Gasteiger partial charge in [0, 0.05) is 11.9 Å². The number of hydrogen-bond acceptors (Lipinski definition) is 1. The van der Waals surface area contributed by atoms with Gasteiger partial charge in [-0.05, 0) is 25.9 Å². The lowest BCUT2D eigenvalue weighted by atomic mass is 10.4. The first-order valence-corrected chi connectivity index (χ1v) is 9.74. The number of halogens is 2. The summed E-state index contributed by atoms with van der Waals surface area (Å²) in [6.45, 7) is 3.77. The first-order valence-electron chi connectivity index (χ1n) is 3.45. The zero-order valence-corrected chi connectivity index (χ0v) is 10.7. The molecule has 4 heteroatoms. The zero-order chi connectivity index (χ0) is 8.04. The molecule has 0 rings (SSSR count). The second kappa shape index (κ2) is 5.74. The molecule has 0 unspecified atom stereocenters. The van der Waals surface area contributed by atoms with E-state index in [9.17, 15) is 0 Å². The maximum Gasteiger partial charge on any atom is 0.257 e. The molecule has 10 heavy (non-hydrogen) atoms. The second-order valence-electron chi connectivity index (χ2n) is 2.61. The molecule has 0 heterocycles. The summed E-state index contributed by atoms with van der Waals surface area (Å²) in [5, 5.41) is 1.08. The normalized spacial score (nSPS) is 12.0. The Labute approximate surface area is 80.4 Å². The summed E-state index contributed by atoms with van der Waals surface area (Å²) >= 11 is 6.91. The molecule has 0 aromatic carbocycles. The van der Waals surface area contributed by atoms with E-state index in [2.05, 4.69) is 44.3 Å². The summed E-state index contributed by atoms with van der Waals surface area (Å²) < 4.78 is 5.57. The number of rotatable bonds is 5. The topological polar surface area (TPSA) is 9.23 Å². The summed E-state index contributed by atoms with van der Waals surface area (Å²) in [6.07, 6.45) is 2.37. The molecule has 1 nitrogen and oxygen atoms in total. The Morgan fingerprint density at radius 2 is 1.90 bits per heavy atom. The van der Waals surface area contributed by atoms with Gasteiger partial charge in [-0.15, -0.1) is 0 Å². The molecule has 0 amide bonds. The highest BCUT2D eigenvalue weighted by molar-refractivity contribution is 9.25. The van der Waals surface area contributed by atoms with E-state index in [0.29, 0.717) is 0 Å². The molecule has 0 fully saturated rings. The maximum atomic E-state index is 5.57. The average Bonchev–Trinajstić information content (AvgIpc) is 1.78. The Bertz CT molecular complexity index is 82.3. The number of unbranched alkanes of at least 4 members (excludes halogenated alkanes) is 1. The van der Waals surface area contributed by atoms with Gasteiger partial charge in [0.15, 0.2) is 0 Å². The monoisotopic (exact) mass is 288 g/mol. The van der Waals surface area contributed by atoms with Gasteiger partial charge in [0.1, 0.15) is 0 Å². The van der Waals surface area contributed by atoms with Crippen LogP contribution in [0.15, 0.2) is 0 Å². The third-order valence-corrected chi connectivity index (χ3v) is 3.11. The van der Waals surface area contributed by atoms with Crippen LogP contribution in [0.5, 0.6) is 0 Å². The highest BCUT2D eigenvalue weighted by Gasteiger charge is 2.15. The van der Waals surface area contributed by atoms with Crippen molar-refractivity contribution in [2.75, 3.05) is 11.9 Å². The van der Waals surface area contributed by atoms with Crippen molar-refractivity contribution in [3.63, 3.8) is 0 Å². The summed E-state index contributed by atoms with van der Waals surface area (Å²) in [5.74, 6) is 0. The quantitative estimate of drug-likeness (QED) is 0.327. The van der Waals surface area contributed by atoms with Crippen LogP contribution in [0.3, 0.4) is 0 Å². The number of alkyl halides is 1. The number of hydrogen-bond donors (Lipinski definition) is 0. The van der Waals surface area contributed by atoms with Crippen LogP contribution in [0.4, 0.5) is 0 Å². The van der Waals surface area contributed by atoms with Crippen LogP contribution >= 0.6 is 31.2 Å². The van der Waals surface area contributed by atoms with Crippen molar-refractivity contribution in [3.05, 3.63) is 0 Å². The van der Waals surface area contributed by atoms with Gasteiger partial charge in [-0.3, -0.25) is 0 Å². The lowest BCUT2D eigenvalue weighted by Gasteiger charge is -2.13. The van der Waals surface area contributed by atoms with E-state index in [1.54, 1.807) is 0 Å². The Hall–Kier alpha value is 1.14. The first kappa shape index (κ1) is 11.1. The predicted octanol–water partition coefficient (Wildman–Crippen LogP) is 3.27. The minimum absolute atomic E-state index is 0.899. The Balaban J connectivity index is 3.04. The van der Waals surface area contributed by atoms with Crippen LogP contribution in [0.1, 0.15) is 12.8 Å². The minimum Gasteiger partial charge on any atom is -0.407 e. The Kier molecular flexibility index (Phi) is 6.40. The van der Waals surface area contributed by atoms with Gasteiger partial charge < -0.3 is 4.43 Å². The Morgan fingerprint density at radius 3 is 2.30 bits per heavy atom. The van der Waals surface area contributed by atoms with Crippen molar-refractivity contribution in [1.82, 2.24) is 0 Å². The van der Waals surface area contributed by atoms with E-state index < -0.39 is 6.94 Å². The van der Waals surface area contributed by atoms with Crippen molar-refractivity contribution in [3.8, 4) is 0 Å².